The van der Waals surface area contributed by atoms with Crippen LogP contribution in [0.2, 0.25) is 0 Å². The van der Waals surface area contributed by atoms with Crippen LogP contribution in [0.4, 0.5) is 13.2 Å². The molecule has 1 aliphatic rings. The average Bonchev–Trinajstić information content (AvgIpc) is 2.04. The van der Waals surface area contributed by atoms with E-state index in [1.54, 1.807) is 7.05 Å². The van der Waals surface area contributed by atoms with Crippen LogP contribution in [0.15, 0.2) is 0 Å². The first-order chi connectivity index (χ1) is 6.04. The average molecular weight is 196 g/mol. The molecular weight excluding hydrogens is 181 g/mol. The number of piperidine rings is 1. The number of likely N-dealkylation sites (tertiary alicyclic amines) is 1. The predicted octanol–water partition coefficient (Wildman–Crippen LogP) is 1.44. The van der Waals surface area contributed by atoms with Gasteiger partial charge in [0.05, 0.1) is 0 Å². The minimum absolute atomic E-state index is 0.139. The van der Waals surface area contributed by atoms with Crippen LogP contribution in [-0.2, 0) is 0 Å². The lowest BCUT2D eigenvalue weighted by Gasteiger charge is -2.33. The maximum Gasteiger partial charge on any atom is 0.459 e. The van der Waals surface area contributed by atoms with Gasteiger partial charge in [0.1, 0.15) is 0 Å². The zero-order chi connectivity index (χ0) is 9.90. The van der Waals surface area contributed by atoms with Crippen molar-refractivity contribution in [1.29, 1.82) is 0 Å². The van der Waals surface area contributed by atoms with Crippen molar-refractivity contribution in [2.75, 3.05) is 26.7 Å². The van der Waals surface area contributed by atoms with Crippen LogP contribution in [-0.4, -0.2) is 37.9 Å². The summed E-state index contributed by atoms with van der Waals surface area (Å²) in [5.41, 5.74) is 0. The Morgan fingerprint density at radius 1 is 1.46 bits per heavy atom. The van der Waals surface area contributed by atoms with E-state index in [4.69, 9.17) is 0 Å². The summed E-state index contributed by atoms with van der Waals surface area (Å²) in [6.45, 7) is 0.973. The van der Waals surface area contributed by atoms with Crippen LogP contribution in [0.1, 0.15) is 12.8 Å². The third-order valence-electron chi connectivity index (χ3n) is 2.37. The number of rotatable bonds is 2. The Morgan fingerprint density at radius 3 is 2.69 bits per heavy atom. The topological polar surface area (TPSA) is 15.3 Å². The van der Waals surface area contributed by atoms with Gasteiger partial charge in [0.2, 0.25) is 0 Å². The SMILES string of the molecule is CNC[C@H]1CCCN(C(F)(F)F)C1. The van der Waals surface area contributed by atoms with Crippen LogP contribution in [0, 0.1) is 5.92 Å². The molecule has 0 aliphatic carbocycles. The van der Waals surface area contributed by atoms with Crippen molar-refractivity contribution in [2.24, 2.45) is 5.92 Å². The third kappa shape index (κ3) is 3.15. The van der Waals surface area contributed by atoms with E-state index in [0.717, 1.165) is 6.42 Å². The molecule has 0 spiro atoms. The van der Waals surface area contributed by atoms with E-state index in [0.29, 0.717) is 17.9 Å². The fourth-order valence-electron chi connectivity index (χ4n) is 1.75. The highest BCUT2D eigenvalue weighted by molar-refractivity contribution is 4.75. The summed E-state index contributed by atoms with van der Waals surface area (Å²) in [5.74, 6) is 0.139. The summed E-state index contributed by atoms with van der Waals surface area (Å²) >= 11 is 0. The molecule has 5 heteroatoms. The lowest BCUT2D eigenvalue weighted by Crippen LogP contribution is -2.46. The van der Waals surface area contributed by atoms with Gasteiger partial charge in [-0.15, -0.1) is 0 Å². The molecule has 1 saturated heterocycles. The summed E-state index contributed by atoms with van der Waals surface area (Å²) in [7, 11) is 1.77. The number of alkyl halides is 3. The monoisotopic (exact) mass is 196 g/mol. The summed E-state index contributed by atoms with van der Waals surface area (Å²) in [4.78, 5) is 0.610. The second kappa shape index (κ2) is 4.28. The van der Waals surface area contributed by atoms with Crippen LogP contribution < -0.4 is 5.32 Å². The Bertz CT molecular complexity index is 156. The van der Waals surface area contributed by atoms with Crippen LogP contribution >= 0.6 is 0 Å². The van der Waals surface area contributed by atoms with E-state index >= 15 is 0 Å². The molecule has 1 fully saturated rings. The highest BCUT2D eigenvalue weighted by Gasteiger charge is 2.39. The van der Waals surface area contributed by atoms with Crippen molar-refractivity contribution in [3.05, 3.63) is 0 Å². The first-order valence-corrected chi connectivity index (χ1v) is 4.50. The maximum atomic E-state index is 12.3. The van der Waals surface area contributed by atoms with Crippen molar-refractivity contribution >= 4 is 0 Å². The Morgan fingerprint density at radius 2 is 2.15 bits per heavy atom. The van der Waals surface area contributed by atoms with Gasteiger partial charge in [-0.05, 0) is 32.4 Å². The van der Waals surface area contributed by atoms with E-state index in [1.807, 2.05) is 0 Å². The lowest BCUT2D eigenvalue weighted by molar-refractivity contribution is -0.253. The van der Waals surface area contributed by atoms with E-state index in [1.165, 1.54) is 0 Å². The van der Waals surface area contributed by atoms with Crippen molar-refractivity contribution in [3.8, 4) is 0 Å². The van der Waals surface area contributed by atoms with Gasteiger partial charge in [-0.1, -0.05) is 0 Å². The molecule has 1 rings (SSSR count). The highest BCUT2D eigenvalue weighted by Crippen LogP contribution is 2.27. The molecule has 1 atom stereocenters. The van der Waals surface area contributed by atoms with Crippen LogP contribution in [0.5, 0.6) is 0 Å². The number of nitrogens with zero attached hydrogens (tertiary/aromatic N) is 1. The number of hydrogen-bond acceptors (Lipinski definition) is 2. The quantitative estimate of drug-likeness (QED) is 0.672. The molecule has 78 valence electrons. The van der Waals surface area contributed by atoms with Crippen molar-refractivity contribution < 1.29 is 13.2 Å². The molecule has 1 aliphatic heterocycles. The van der Waals surface area contributed by atoms with Crippen molar-refractivity contribution in [3.63, 3.8) is 0 Å². The predicted molar refractivity (Wildman–Crippen MR) is 44.3 cm³/mol. The second-order valence-corrected chi connectivity index (χ2v) is 3.48. The number of nitrogens with one attached hydrogen (secondary N) is 1. The van der Waals surface area contributed by atoms with Gasteiger partial charge in [0.25, 0.3) is 0 Å². The Labute approximate surface area is 76.1 Å². The summed E-state index contributed by atoms with van der Waals surface area (Å²) in [5, 5.41) is 2.92. The largest absolute Gasteiger partial charge is 0.459 e. The van der Waals surface area contributed by atoms with Crippen LogP contribution in [0.3, 0.4) is 0 Å². The number of hydrogen-bond donors (Lipinski definition) is 1. The fourth-order valence-corrected chi connectivity index (χ4v) is 1.75. The first-order valence-electron chi connectivity index (χ1n) is 4.50. The molecule has 1 N–H and O–H groups in total. The van der Waals surface area contributed by atoms with Gasteiger partial charge in [-0.25, -0.2) is 4.90 Å². The van der Waals surface area contributed by atoms with E-state index in [2.05, 4.69) is 5.32 Å². The molecule has 13 heavy (non-hydrogen) atoms. The fraction of sp³-hybridized carbons (Fsp3) is 1.00. The Balaban J connectivity index is 2.42. The second-order valence-electron chi connectivity index (χ2n) is 3.48. The molecule has 0 saturated carbocycles. The Hall–Kier alpha value is -0.290. The van der Waals surface area contributed by atoms with Crippen LogP contribution in [0.25, 0.3) is 0 Å². The first kappa shape index (κ1) is 10.8. The van der Waals surface area contributed by atoms with Gasteiger partial charge in [-0.2, -0.15) is 13.2 Å². The summed E-state index contributed by atoms with van der Waals surface area (Å²) in [6.07, 6.45) is -2.61. The molecule has 0 aromatic rings. The minimum atomic E-state index is -4.15. The molecule has 0 bridgehead atoms. The van der Waals surface area contributed by atoms with E-state index in [9.17, 15) is 13.2 Å². The molecule has 2 nitrogen and oxygen atoms in total. The summed E-state index contributed by atoms with van der Waals surface area (Å²) < 4.78 is 36.8. The molecule has 0 amide bonds. The zero-order valence-corrected chi connectivity index (χ0v) is 7.69. The Kier molecular flexibility index (Phi) is 3.55. The van der Waals surface area contributed by atoms with E-state index in [-0.39, 0.29) is 19.0 Å². The van der Waals surface area contributed by atoms with Crippen molar-refractivity contribution in [1.82, 2.24) is 10.2 Å². The van der Waals surface area contributed by atoms with E-state index < -0.39 is 6.30 Å². The smallest absolute Gasteiger partial charge is 0.319 e. The molecule has 0 radical (unpaired) electrons. The van der Waals surface area contributed by atoms with Gasteiger partial charge >= 0.3 is 6.30 Å². The minimum Gasteiger partial charge on any atom is -0.319 e. The molecule has 0 unspecified atom stereocenters. The van der Waals surface area contributed by atoms with Gasteiger partial charge in [0.15, 0.2) is 0 Å². The molecule has 1 heterocycles. The standard InChI is InChI=1S/C8H15F3N2/c1-12-5-7-3-2-4-13(6-7)8(9,10)11/h7,12H,2-6H2,1H3/t7-/m1/s1. The van der Waals surface area contributed by atoms with Crippen molar-refractivity contribution in [2.45, 2.75) is 19.1 Å². The molecular formula is C8H15F3N2. The third-order valence-corrected chi connectivity index (χ3v) is 2.37. The summed E-state index contributed by atoms with van der Waals surface area (Å²) in [6, 6.07) is 0. The van der Waals surface area contributed by atoms with Gasteiger partial charge in [0, 0.05) is 13.1 Å². The van der Waals surface area contributed by atoms with Gasteiger partial charge in [-0.3, -0.25) is 0 Å². The number of halogens is 3. The molecule has 0 aromatic heterocycles. The van der Waals surface area contributed by atoms with Gasteiger partial charge < -0.3 is 5.32 Å². The molecule has 0 aromatic carbocycles. The normalized spacial score (nSPS) is 26.3. The zero-order valence-electron chi connectivity index (χ0n) is 7.69. The maximum absolute atomic E-state index is 12.3. The lowest BCUT2D eigenvalue weighted by atomic mass is 9.98. The highest BCUT2D eigenvalue weighted by atomic mass is 19.4.